The topological polar surface area (TPSA) is 49.6 Å². The smallest absolute Gasteiger partial charge is 0.225 e. The molecule has 0 aromatic carbocycles. The Kier molecular flexibility index (Phi) is 5.33. The Bertz CT molecular complexity index is 285. The first-order valence-corrected chi connectivity index (χ1v) is 6.63. The predicted molar refractivity (Wildman–Crippen MR) is 73.8 cm³/mol. The van der Waals surface area contributed by atoms with Crippen LogP contribution in [0.4, 0.5) is 0 Å². The summed E-state index contributed by atoms with van der Waals surface area (Å²) in [6.45, 7) is 10.3. The van der Waals surface area contributed by atoms with Crippen LogP contribution in [0.2, 0.25) is 0 Å². The van der Waals surface area contributed by atoms with Crippen molar-refractivity contribution in [3.8, 4) is 0 Å². The molecule has 0 aromatic heterocycles. The van der Waals surface area contributed by atoms with Crippen LogP contribution in [0.3, 0.4) is 0 Å². The van der Waals surface area contributed by atoms with Crippen molar-refractivity contribution < 1.29 is 4.79 Å². The maximum atomic E-state index is 11.8. The molecule has 5 heteroatoms. The zero-order chi connectivity index (χ0) is 13.0. The van der Waals surface area contributed by atoms with Gasteiger partial charge in [-0.15, -0.1) is 0 Å². The van der Waals surface area contributed by atoms with Crippen LogP contribution >= 0.6 is 12.2 Å². The lowest BCUT2D eigenvalue weighted by Gasteiger charge is -2.36. The summed E-state index contributed by atoms with van der Waals surface area (Å²) in [7, 11) is 0. The fourth-order valence-electron chi connectivity index (χ4n) is 1.99. The molecule has 0 aliphatic carbocycles. The van der Waals surface area contributed by atoms with Gasteiger partial charge in [-0.25, -0.2) is 0 Å². The highest BCUT2D eigenvalue weighted by Crippen LogP contribution is 2.09. The summed E-state index contributed by atoms with van der Waals surface area (Å²) in [6, 6.07) is 0. The second-order valence-corrected chi connectivity index (χ2v) is 5.56. The Morgan fingerprint density at radius 3 is 2.18 bits per heavy atom. The first-order valence-electron chi connectivity index (χ1n) is 6.22. The molecule has 0 bridgehead atoms. The van der Waals surface area contributed by atoms with Gasteiger partial charge in [-0.05, 0) is 0 Å². The second kappa shape index (κ2) is 6.31. The van der Waals surface area contributed by atoms with E-state index >= 15 is 0 Å². The number of thiocarbonyl (C=S) groups is 1. The number of carbonyl (C=O) groups is 1. The predicted octanol–water partition coefficient (Wildman–Crippen LogP) is 0.709. The maximum Gasteiger partial charge on any atom is 0.225 e. The molecule has 1 amide bonds. The zero-order valence-corrected chi connectivity index (χ0v) is 11.8. The largest absolute Gasteiger partial charge is 0.393 e. The van der Waals surface area contributed by atoms with Crippen molar-refractivity contribution in [2.24, 2.45) is 17.6 Å². The van der Waals surface area contributed by atoms with Gasteiger partial charge in [0.2, 0.25) is 5.91 Å². The summed E-state index contributed by atoms with van der Waals surface area (Å²) < 4.78 is 0. The summed E-state index contributed by atoms with van der Waals surface area (Å²) in [4.78, 5) is 16.7. The number of piperazine rings is 1. The van der Waals surface area contributed by atoms with E-state index in [0.717, 1.165) is 32.7 Å². The van der Waals surface area contributed by atoms with E-state index in [1.807, 2.05) is 25.7 Å². The summed E-state index contributed by atoms with van der Waals surface area (Å²) >= 11 is 4.97. The molecule has 1 atom stereocenters. The highest BCUT2D eigenvalue weighted by Gasteiger charge is 2.23. The Morgan fingerprint density at radius 2 is 1.76 bits per heavy atom. The molecular formula is C12H23N3OS. The van der Waals surface area contributed by atoms with Crippen LogP contribution in [0.1, 0.15) is 20.8 Å². The summed E-state index contributed by atoms with van der Waals surface area (Å²) in [5.41, 5.74) is 5.61. The minimum Gasteiger partial charge on any atom is -0.393 e. The van der Waals surface area contributed by atoms with E-state index in [0.29, 0.717) is 4.99 Å². The third kappa shape index (κ3) is 4.24. The third-order valence-electron chi connectivity index (χ3n) is 3.20. The van der Waals surface area contributed by atoms with Crippen LogP contribution in [-0.2, 0) is 4.79 Å². The first-order chi connectivity index (χ1) is 7.91. The van der Waals surface area contributed by atoms with Crippen molar-refractivity contribution in [1.82, 2.24) is 9.80 Å². The molecule has 0 spiro atoms. The van der Waals surface area contributed by atoms with Gasteiger partial charge in [-0.2, -0.15) is 0 Å². The van der Waals surface area contributed by atoms with Crippen LogP contribution < -0.4 is 5.73 Å². The summed E-state index contributed by atoms with van der Waals surface area (Å²) in [6.07, 6.45) is 0. The number of rotatable bonds is 4. The highest BCUT2D eigenvalue weighted by molar-refractivity contribution is 7.80. The van der Waals surface area contributed by atoms with Gasteiger partial charge in [-0.1, -0.05) is 33.0 Å². The van der Waals surface area contributed by atoms with Crippen molar-refractivity contribution in [1.29, 1.82) is 0 Å². The third-order valence-corrected chi connectivity index (χ3v) is 3.60. The van der Waals surface area contributed by atoms with Crippen molar-refractivity contribution in [2.75, 3.05) is 32.7 Å². The average molecular weight is 257 g/mol. The van der Waals surface area contributed by atoms with E-state index in [1.54, 1.807) is 0 Å². The molecule has 0 radical (unpaired) electrons. The van der Waals surface area contributed by atoms with Crippen molar-refractivity contribution in [3.05, 3.63) is 0 Å². The van der Waals surface area contributed by atoms with Gasteiger partial charge in [0.05, 0.1) is 4.99 Å². The van der Waals surface area contributed by atoms with E-state index < -0.39 is 0 Å². The Morgan fingerprint density at radius 1 is 1.24 bits per heavy atom. The van der Waals surface area contributed by atoms with E-state index in [1.165, 1.54) is 0 Å². The van der Waals surface area contributed by atoms with Gasteiger partial charge in [0, 0.05) is 44.6 Å². The molecule has 1 rings (SSSR count). The lowest BCUT2D eigenvalue weighted by atomic mass is 10.1. The molecule has 1 unspecified atom stereocenters. The quantitative estimate of drug-likeness (QED) is 0.754. The molecular weight excluding hydrogens is 234 g/mol. The van der Waals surface area contributed by atoms with Crippen LogP contribution in [-0.4, -0.2) is 53.4 Å². The van der Waals surface area contributed by atoms with Gasteiger partial charge in [0.15, 0.2) is 0 Å². The molecule has 0 saturated carbocycles. The molecule has 1 heterocycles. The van der Waals surface area contributed by atoms with E-state index in [2.05, 4.69) is 4.90 Å². The van der Waals surface area contributed by atoms with E-state index in [9.17, 15) is 4.79 Å². The summed E-state index contributed by atoms with van der Waals surface area (Å²) in [5, 5.41) is 0. The Hall–Kier alpha value is -0.680. The average Bonchev–Trinajstić information content (AvgIpc) is 2.28. The van der Waals surface area contributed by atoms with Gasteiger partial charge in [-0.3, -0.25) is 9.69 Å². The monoisotopic (exact) mass is 257 g/mol. The lowest BCUT2D eigenvalue weighted by Crippen LogP contribution is -2.51. The molecule has 1 saturated heterocycles. The van der Waals surface area contributed by atoms with Crippen LogP contribution in [0, 0.1) is 11.8 Å². The zero-order valence-electron chi connectivity index (χ0n) is 11.0. The van der Waals surface area contributed by atoms with Crippen molar-refractivity contribution in [2.45, 2.75) is 20.8 Å². The number of hydrogen-bond acceptors (Lipinski definition) is 3. The molecule has 1 fully saturated rings. The molecule has 17 heavy (non-hydrogen) atoms. The molecule has 2 N–H and O–H groups in total. The Balaban J connectivity index is 2.36. The van der Waals surface area contributed by atoms with Crippen molar-refractivity contribution >= 4 is 23.1 Å². The second-order valence-electron chi connectivity index (χ2n) is 5.08. The van der Waals surface area contributed by atoms with Gasteiger partial charge < -0.3 is 10.6 Å². The standard InChI is InChI=1S/C12H23N3OS/c1-9(2)12(16)15-6-4-14(5-7-15)8-10(3)11(13)17/h9-10H,4-8H2,1-3H3,(H2,13,17). The number of carbonyl (C=O) groups excluding carboxylic acids is 1. The fraction of sp³-hybridized carbons (Fsp3) is 0.833. The molecule has 4 nitrogen and oxygen atoms in total. The van der Waals surface area contributed by atoms with Gasteiger partial charge in [0.25, 0.3) is 0 Å². The number of nitrogens with two attached hydrogens (primary N) is 1. The highest BCUT2D eigenvalue weighted by atomic mass is 32.1. The van der Waals surface area contributed by atoms with Crippen LogP contribution in [0.5, 0.6) is 0 Å². The van der Waals surface area contributed by atoms with Crippen LogP contribution in [0.25, 0.3) is 0 Å². The number of hydrogen-bond donors (Lipinski definition) is 1. The molecule has 98 valence electrons. The normalized spacial score (nSPS) is 19.4. The molecule has 1 aliphatic rings. The van der Waals surface area contributed by atoms with Crippen LogP contribution in [0.15, 0.2) is 0 Å². The van der Waals surface area contributed by atoms with Crippen molar-refractivity contribution in [3.63, 3.8) is 0 Å². The van der Waals surface area contributed by atoms with E-state index in [-0.39, 0.29) is 17.7 Å². The minimum atomic E-state index is 0.0945. The maximum absolute atomic E-state index is 11.8. The first kappa shape index (κ1) is 14.4. The fourth-order valence-corrected chi connectivity index (χ4v) is 2.07. The SMILES string of the molecule is CC(C)C(=O)N1CCN(CC(C)C(N)=S)CC1. The van der Waals surface area contributed by atoms with E-state index in [4.69, 9.17) is 18.0 Å². The van der Waals surface area contributed by atoms with Gasteiger partial charge in [0.1, 0.15) is 0 Å². The molecule has 0 aromatic rings. The lowest BCUT2D eigenvalue weighted by molar-refractivity contribution is -0.136. The van der Waals surface area contributed by atoms with Gasteiger partial charge >= 0.3 is 0 Å². The number of amides is 1. The Labute approximate surface area is 109 Å². The number of nitrogens with zero attached hydrogens (tertiary/aromatic N) is 2. The minimum absolute atomic E-state index is 0.0945. The summed E-state index contributed by atoms with van der Waals surface area (Å²) in [5.74, 6) is 0.599. The molecule has 1 aliphatic heterocycles.